The van der Waals surface area contributed by atoms with E-state index in [1.165, 1.54) is 0 Å². The van der Waals surface area contributed by atoms with Crippen LogP contribution in [0.15, 0.2) is 17.2 Å². The predicted octanol–water partition coefficient (Wildman–Crippen LogP) is 0.785. The molecule has 1 aromatic rings. The van der Waals surface area contributed by atoms with Crippen LogP contribution in [0.5, 0.6) is 0 Å². The molecule has 0 amide bonds. The Morgan fingerprint density at radius 2 is 2.18 bits per heavy atom. The molecule has 1 fully saturated rings. The second-order valence-corrected chi connectivity index (χ2v) is 4.99. The lowest BCUT2D eigenvalue weighted by atomic mass is 9.91. The molecule has 5 heteroatoms. The van der Waals surface area contributed by atoms with E-state index >= 15 is 0 Å². The number of nitrogens with zero attached hydrogens (tertiary/aromatic N) is 3. The molecule has 17 heavy (non-hydrogen) atoms. The summed E-state index contributed by atoms with van der Waals surface area (Å²) in [5.41, 5.74) is -0.729. The minimum absolute atomic E-state index is 0.0827. The first-order valence-corrected chi connectivity index (χ1v) is 6.01. The Kier molecular flexibility index (Phi) is 2.95. The molecule has 0 aliphatic carbocycles. The lowest BCUT2D eigenvalue weighted by molar-refractivity contribution is 0.00784. The van der Waals surface area contributed by atoms with Crippen LogP contribution in [0, 0.1) is 0 Å². The van der Waals surface area contributed by atoms with Crippen molar-refractivity contribution in [3.05, 3.63) is 22.7 Å². The summed E-state index contributed by atoms with van der Waals surface area (Å²) in [6, 6.07) is 0.121. The van der Waals surface area contributed by atoms with Crippen LogP contribution in [0.4, 0.5) is 5.82 Å². The molecule has 0 unspecified atom stereocenters. The van der Waals surface area contributed by atoms with Crippen molar-refractivity contribution in [2.45, 2.75) is 38.8 Å². The summed E-state index contributed by atoms with van der Waals surface area (Å²) in [4.78, 5) is 18.1. The van der Waals surface area contributed by atoms with E-state index in [2.05, 4.69) is 4.98 Å². The van der Waals surface area contributed by atoms with E-state index < -0.39 is 5.60 Å². The van der Waals surface area contributed by atoms with E-state index in [4.69, 9.17) is 0 Å². The Bertz CT molecular complexity index is 461. The molecule has 1 N–H and O–H groups in total. The lowest BCUT2D eigenvalue weighted by Crippen LogP contribution is -2.63. The van der Waals surface area contributed by atoms with Gasteiger partial charge in [0.1, 0.15) is 0 Å². The standard InChI is InChI=1S/C12H19N3O2/c1-4-12(17)7-14(8-12)10-11(16)15(9(2)3)6-5-13-10/h5-6,9,17H,4,7-8H2,1-3H3. The molecule has 0 spiro atoms. The van der Waals surface area contributed by atoms with Crippen molar-refractivity contribution in [2.24, 2.45) is 0 Å². The summed E-state index contributed by atoms with van der Waals surface area (Å²) < 4.78 is 1.66. The summed E-state index contributed by atoms with van der Waals surface area (Å²) in [5, 5.41) is 9.94. The molecule has 2 rings (SSSR count). The second kappa shape index (κ2) is 4.14. The van der Waals surface area contributed by atoms with E-state index in [9.17, 15) is 9.90 Å². The van der Waals surface area contributed by atoms with Gasteiger partial charge in [-0.25, -0.2) is 4.98 Å². The molecule has 0 aromatic carbocycles. The molecule has 94 valence electrons. The maximum absolute atomic E-state index is 12.1. The van der Waals surface area contributed by atoms with Crippen LogP contribution >= 0.6 is 0 Å². The first kappa shape index (κ1) is 12.1. The van der Waals surface area contributed by atoms with Crippen LogP contribution in [0.2, 0.25) is 0 Å². The number of anilines is 1. The molecular weight excluding hydrogens is 218 g/mol. The van der Waals surface area contributed by atoms with E-state index in [0.29, 0.717) is 25.3 Å². The van der Waals surface area contributed by atoms with E-state index in [1.807, 2.05) is 25.7 Å². The first-order chi connectivity index (χ1) is 7.97. The molecule has 1 saturated heterocycles. The van der Waals surface area contributed by atoms with Gasteiger partial charge in [0.2, 0.25) is 0 Å². The highest BCUT2D eigenvalue weighted by Gasteiger charge is 2.41. The van der Waals surface area contributed by atoms with Gasteiger partial charge in [-0.15, -0.1) is 0 Å². The van der Waals surface area contributed by atoms with Crippen molar-refractivity contribution >= 4 is 5.82 Å². The molecule has 5 nitrogen and oxygen atoms in total. The summed E-state index contributed by atoms with van der Waals surface area (Å²) in [6.45, 7) is 6.86. The fourth-order valence-electron chi connectivity index (χ4n) is 2.08. The Morgan fingerprint density at radius 3 is 2.71 bits per heavy atom. The minimum atomic E-state index is -0.646. The van der Waals surface area contributed by atoms with Gasteiger partial charge in [0.05, 0.1) is 18.7 Å². The van der Waals surface area contributed by atoms with Gasteiger partial charge >= 0.3 is 0 Å². The van der Waals surface area contributed by atoms with Gasteiger partial charge in [0.15, 0.2) is 5.82 Å². The summed E-state index contributed by atoms with van der Waals surface area (Å²) >= 11 is 0. The van der Waals surface area contributed by atoms with Crippen molar-refractivity contribution in [1.29, 1.82) is 0 Å². The predicted molar refractivity (Wildman–Crippen MR) is 66.3 cm³/mol. The molecule has 0 bridgehead atoms. The third kappa shape index (κ3) is 2.07. The highest BCUT2D eigenvalue weighted by Crippen LogP contribution is 2.26. The summed E-state index contributed by atoms with van der Waals surface area (Å²) in [7, 11) is 0. The largest absolute Gasteiger partial charge is 0.386 e. The molecule has 1 aliphatic rings. The van der Waals surface area contributed by atoms with Crippen LogP contribution < -0.4 is 10.5 Å². The zero-order chi connectivity index (χ0) is 12.6. The van der Waals surface area contributed by atoms with Gasteiger partial charge in [-0.1, -0.05) is 6.92 Å². The molecule has 2 heterocycles. The number of rotatable bonds is 3. The van der Waals surface area contributed by atoms with Gasteiger partial charge in [0, 0.05) is 18.4 Å². The SMILES string of the molecule is CCC1(O)CN(c2nccn(C(C)C)c2=O)C1. The van der Waals surface area contributed by atoms with Crippen LogP contribution in [0.1, 0.15) is 33.2 Å². The van der Waals surface area contributed by atoms with Gasteiger partial charge in [0.25, 0.3) is 5.56 Å². The average Bonchev–Trinajstić information content (AvgIpc) is 2.25. The minimum Gasteiger partial charge on any atom is -0.386 e. The van der Waals surface area contributed by atoms with Crippen LogP contribution in [0.25, 0.3) is 0 Å². The Labute approximate surface area is 101 Å². The van der Waals surface area contributed by atoms with E-state index in [-0.39, 0.29) is 11.6 Å². The summed E-state index contributed by atoms with van der Waals surface area (Å²) in [6.07, 6.45) is 4.04. The number of β-amino-alcohol motifs (C(OH)–C–C–N with tert-alkyl or cyclic N) is 1. The molecule has 0 atom stereocenters. The second-order valence-electron chi connectivity index (χ2n) is 4.99. The normalized spacial score (nSPS) is 18.3. The monoisotopic (exact) mass is 237 g/mol. The van der Waals surface area contributed by atoms with Gasteiger partial charge in [-0.2, -0.15) is 0 Å². The number of hydrogen-bond donors (Lipinski definition) is 1. The molecular formula is C12H19N3O2. The van der Waals surface area contributed by atoms with Crippen molar-refractivity contribution in [1.82, 2.24) is 9.55 Å². The zero-order valence-electron chi connectivity index (χ0n) is 10.6. The highest BCUT2D eigenvalue weighted by atomic mass is 16.3. The third-order valence-corrected chi connectivity index (χ3v) is 3.33. The Hall–Kier alpha value is -1.36. The summed E-state index contributed by atoms with van der Waals surface area (Å²) in [5.74, 6) is 0.444. The van der Waals surface area contributed by atoms with Gasteiger partial charge in [-0.3, -0.25) is 4.79 Å². The van der Waals surface area contributed by atoms with Crippen molar-refractivity contribution in [2.75, 3.05) is 18.0 Å². The number of hydrogen-bond acceptors (Lipinski definition) is 4. The fraction of sp³-hybridized carbons (Fsp3) is 0.667. The maximum atomic E-state index is 12.1. The quantitative estimate of drug-likeness (QED) is 0.844. The molecule has 1 aliphatic heterocycles. The van der Waals surface area contributed by atoms with Crippen LogP contribution in [-0.2, 0) is 0 Å². The lowest BCUT2D eigenvalue weighted by Gasteiger charge is -2.46. The topological polar surface area (TPSA) is 58.4 Å². The molecule has 0 radical (unpaired) electrons. The van der Waals surface area contributed by atoms with Crippen LogP contribution in [-0.4, -0.2) is 33.3 Å². The maximum Gasteiger partial charge on any atom is 0.293 e. The Morgan fingerprint density at radius 1 is 1.53 bits per heavy atom. The number of aromatic nitrogens is 2. The van der Waals surface area contributed by atoms with Crippen molar-refractivity contribution < 1.29 is 5.11 Å². The first-order valence-electron chi connectivity index (χ1n) is 6.01. The van der Waals surface area contributed by atoms with E-state index in [0.717, 1.165) is 0 Å². The van der Waals surface area contributed by atoms with Crippen LogP contribution in [0.3, 0.4) is 0 Å². The smallest absolute Gasteiger partial charge is 0.293 e. The van der Waals surface area contributed by atoms with Gasteiger partial charge < -0.3 is 14.6 Å². The average molecular weight is 237 g/mol. The van der Waals surface area contributed by atoms with Gasteiger partial charge in [-0.05, 0) is 20.3 Å². The highest BCUT2D eigenvalue weighted by molar-refractivity contribution is 5.41. The van der Waals surface area contributed by atoms with E-state index in [1.54, 1.807) is 17.0 Å². The Balaban J connectivity index is 2.25. The zero-order valence-corrected chi connectivity index (χ0v) is 10.6. The number of aliphatic hydroxyl groups is 1. The van der Waals surface area contributed by atoms with Crippen molar-refractivity contribution in [3.8, 4) is 0 Å². The third-order valence-electron chi connectivity index (χ3n) is 3.33. The fourth-order valence-corrected chi connectivity index (χ4v) is 2.08. The molecule has 0 saturated carbocycles. The van der Waals surface area contributed by atoms with Crippen molar-refractivity contribution in [3.63, 3.8) is 0 Å². The molecule has 1 aromatic heterocycles.